The Morgan fingerprint density at radius 3 is 2.88 bits per heavy atom. The van der Waals surface area contributed by atoms with Crippen LogP contribution in [0.4, 0.5) is 5.95 Å². The maximum absolute atomic E-state index is 12.0. The molecule has 2 N–H and O–H groups in total. The maximum Gasteiger partial charge on any atom is 0.272 e. The normalized spacial score (nSPS) is 15.6. The van der Waals surface area contributed by atoms with Crippen molar-refractivity contribution in [2.45, 2.75) is 6.92 Å². The van der Waals surface area contributed by atoms with Crippen LogP contribution in [-0.4, -0.2) is 52.6 Å². The van der Waals surface area contributed by atoms with Crippen LogP contribution in [0.1, 0.15) is 16.2 Å². The van der Waals surface area contributed by atoms with E-state index >= 15 is 0 Å². The first-order valence-electron chi connectivity index (χ1n) is 5.57. The van der Waals surface area contributed by atoms with Gasteiger partial charge >= 0.3 is 0 Å². The Kier molecular flexibility index (Phi) is 3.23. The summed E-state index contributed by atoms with van der Waals surface area (Å²) in [6.45, 7) is 3.17. The highest BCUT2D eigenvalue weighted by atomic mass is 16.3. The average Bonchev–Trinajstić information content (AvgIpc) is 2.26. The summed E-state index contributed by atoms with van der Waals surface area (Å²) in [4.78, 5) is 22.0. The van der Waals surface area contributed by atoms with Crippen LogP contribution < -0.4 is 5.32 Å². The minimum absolute atomic E-state index is 0.100. The lowest BCUT2D eigenvalue weighted by Crippen LogP contribution is -2.51. The molecule has 0 aromatic carbocycles. The molecule has 1 fully saturated rings. The Morgan fingerprint density at radius 1 is 1.59 bits per heavy atom. The third kappa shape index (κ3) is 2.36. The van der Waals surface area contributed by atoms with Crippen LogP contribution in [0, 0.1) is 12.8 Å². The number of aliphatic hydroxyl groups excluding tert-OH is 1. The molecular weight excluding hydrogens is 220 g/mol. The van der Waals surface area contributed by atoms with Gasteiger partial charge in [0, 0.05) is 38.4 Å². The van der Waals surface area contributed by atoms with Crippen molar-refractivity contribution in [2.24, 2.45) is 5.92 Å². The number of rotatable bonds is 3. The van der Waals surface area contributed by atoms with E-state index in [0.717, 1.165) is 5.69 Å². The number of likely N-dealkylation sites (tertiary alicyclic amines) is 1. The van der Waals surface area contributed by atoms with Gasteiger partial charge in [-0.15, -0.1) is 0 Å². The molecule has 2 heterocycles. The Balaban J connectivity index is 2.12. The number of anilines is 1. The topological polar surface area (TPSA) is 78.4 Å². The highest BCUT2D eigenvalue weighted by Crippen LogP contribution is 2.18. The Hall–Kier alpha value is -1.69. The first-order valence-corrected chi connectivity index (χ1v) is 5.57. The molecule has 0 spiro atoms. The van der Waals surface area contributed by atoms with Gasteiger partial charge in [-0.25, -0.2) is 9.97 Å². The zero-order chi connectivity index (χ0) is 12.4. The van der Waals surface area contributed by atoms with Crippen LogP contribution in [0.5, 0.6) is 0 Å². The molecule has 0 aliphatic carbocycles. The van der Waals surface area contributed by atoms with Crippen LogP contribution >= 0.6 is 0 Å². The highest BCUT2D eigenvalue weighted by Gasteiger charge is 2.31. The average molecular weight is 236 g/mol. The minimum Gasteiger partial charge on any atom is -0.396 e. The van der Waals surface area contributed by atoms with Gasteiger partial charge < -0.3 is 15.3 Å². The lowest BCUT2D eigenvalue weighted by molar-refractivity contribution is 0.0356. The third-order valence-corrected chi connectivity index (χ3v) is 2.80. The van der Waals surface area contributed by atoms with Gasteiger partial charge in [0.2, 0.25) is 5.95 Å². The molecule has 6 nitrogen and oxygen atoms in total. The Labute approximate surface area is 99.7 Å². The number of carbonyl (C=O) groups is 1. The predicted octanol–water partition coefficient (Wildman–Crippen LogP) is -0.109. The van der Waals surface area contributed by atoms with Crippen molar-refractivity contribution in [3.05, 3.63) is 17.5 Å². The predicted molar refractivity (Wildman–Crippen MR) is 62.8 cm³/mol. The minimum atomic E-state index is -0.100. The van der Waals surface area contributed by atoms with Gasteiger partial charge in [0.1, 0.15) is 5.69 Å². The van der Waals surface area contributed by atoms with E-state index in [1.165, 1.54) is 0 Å². The van der Waals surface area contributed by atoms with E-state index in [9.17, 15) is 4.79 Å². The van der Waals surface area contributed by atoms with E-state index in [1.54, 1.807) is 18.0 Å². The fraction of sp³-hybridized carbons (Fsp3) is 0.545. The molecule has 0 radical (unpaired) electrons. The number of aromatic nitrogens is 2. The summed E-state index contributed by atoms with van der Waals surface area (Å²) >= 11 is 0. The number of nitrogens with one attached hydrogen (secondary N) is 1. The smallest absolute Gasteiger partial charge is 0.272 e. The number of carbonyl (C=O) groups excluding carboxylic acids is 1. The lowest BCUT2D eigenvalue weighted by atomic mass is 10.0. The molecule has 0 bridgehead atoms. The molecule has 1 aliphatic rings. The lowest BCUT2D eigenvalue weighted by Gasteiger charge is -2.37. The van der Waals surface area contributed by atoms with Gasteiger partial charge in [0.25, 0.3) is 5.91 Å². The zero-order valence-corrected chi connectivity index (χ0v) is 9.97. The third-order valence-electron chi connectivity index (χ3n) is 2.80. The van der Waals surface area contributed by atoms with Crippen LogP contribution in [0.25, 0.3) is 0 Å². The Morgan fingerprint density at radius 2 is 2.29 bits per heavy atom. The zero-order valence-electron chi connectivity index (χ0n) is 9.97. The fourth-order valence-electron chi connectivity index (χ4n) is 1.80. The van der Waals surface area contributed by atoms with Crippen LogP contribution in [-0.2, 0) is 0 Å². The van der Waals surface area contributed by atoms with E-state index in [2.05, 4.69) is 15.3 Å². The second-order valence-electron chi connectivity index (χ2n) is 4.23. The van der Waals surface area contributed by atoms with Crippen molar-refractivity contribution in [3.63, 3.8) is 0 Å². The summed E-state index contributed by atoms with van der Waals surface area (Å²) < 4.78 is 0. The molecule has 1 amide bonds. The first-order chi connectivity index (χ1) is 8.13. The molecule has 1 aliphatic heterocycles. The highest BCUT2D eigenvalue weighted by molar-refractivity contribution is 5.93. The molecule has 0 saturated carbocycles. The number of nitrogens with zero attached hydrogens (tertiary/aromatic N) is 3. The second-order valence-corrected chi connectivity index (χ2v) is 4.23. The molecule has 1 aromatic rings. The summed E-state index contributed by atoms with van der Waals surface area (Å²) in [5.74, 6) is 0.565. The fourth-order valence-corrected chi connectivity index (χ4v) is 1.80. The second kappa shape index (κ2) is 4.67. The van der Waals surface area contributed by atoms with Gasteiger partial charge in [-0.3, -0.25) is 4.79 Å². The van der Waals surface area contributed by atoms with Crippen molar-refractivity contribution >= 4 is 11.9 Å². The summed E-state index contributed by atoms with van der Waals surface area (Å²) in [5, 5.41) is 11.7. The molecule has 1 aromatic heterocycles. The van der Waals surface area contributed by atoms with E-state index in [1.807, 2.05) is 6.92 Å². The molecule has 6 heteroatoms. The van der Waals surface area contributed by atoms with Crippen molar-refractivity contribution in [3.8, 4) is 0 Å². The first kappa shape index (κ1) is 11.8. The number of amides is 1. The molecule has 2 rings (SSSR count). The monoisotopic (exact) mass is 236 g/mol. The largest absolute Gasteiger partial charge is 0.396 e. The van der Waals surface area contributed by atoms with Gasteiger partial charge in [-0.05, 0) is 13.0 Å². The summed E-state index contributed by atoms with van der Waals surface area (Å²) in [5.41, 5.74) is 1.16. The van der Waals surface area contributed by atoms with Gasteiger partial charge in [0.15, 0.2) is 0 Å². The molecule has 17 heavy (non-hydrogen) atoms. The quantitative estimate of drug-likeness (QED) is 0.765. The van der Waals surface area contributed by atoms with Crippen molar-refractivity contribution in [1.82, 2.24) is 14.9 Å². The standard InChI is InChI=1S/C11H16N4O2/c1-7-3-9(14-11(12-2)13-7)10(17)15-4-8(5-15)6-16/h3,8,16H,4-6H2,1-2H3,(H,12,13,14). The number of hydrogen-bond acceptors (Lipinski definition) is 5. The van der Waals surface area contributed by atoms with Crippen molar-refractivity contribution < 1.29 is 9.90 Å². The van der Waals surface area contributed by atoms with E-state index in [0.29, 0.717) is 24.7 Å². The number of aryl methyl sites for hydroxylation is 1. The number of hydrogen-bond donors (Lipinski definition) is 2. The van der Waals surface area contributed by atoms with Crippen LogP contribution in [0.2, 0.25) is 0 Å². The molecule has 92 valence electrons. The molecule has 0 atom stereocenters. The Bertz CT molecular complexity index is 429. The van der Waals surface area contributed by atoms with Gasteiger partial charge in [0.05, 0.1) is 0 Å². The summed E-state index contributed by atoms with van der Waals surface area (Å²) in [7, 11) is 1.72. The molecule has 1 saturated heterocycles. The van der Waals surface area contributed by atoms with Crippen LogP contribution in [0.3, 0.4) is 0 Å². The molecule has 0 unspecified atom stereocenters. The summed E-state index contributed by atoms with van der Waals surface area (Å²) in [6, 6.07) is 1.68. The number of aliphatic hydroxyl groups is 1. The van der Waals surface area contributed by atoms with Crippen molar-refractivity contribution in [1.29, 1.82) is 0 Å². The van der Waals surface area contributed by atoms with Crippen LogP contribution in [0.15, 0.2) is 6.07 Å². The van der Waals surface area contributed by atoms with E-state index in [-0.39, 0.29) is 18.4 Å². The van der Waals surface area contributed by atoms with Crippen molar-refractivity contribution in [2.75, 3.05) is 32.1 Å². The molecular formula is C11H16N4O2. The van der Waals surface area contributed by atoms with E-state index in [4.69, 9.17) is 5.11 Å². The van der Waals surface area contributed by atoms with Gasteiger partial charge in [-0.1, -0.05) is 0 Å². The SMILES string of the molecule is CNc1nc(C)cc(C(=O)N2CC(CO)C2)n1. The van der Waals surface area contributed by atoms with E-state index < -0.39 is 0 Å². The van der Waals surface area contributed by atoms with Gasteiger partial charge in [-0.2, -0.15) is 0 Å². The summed E-state index contributed by atoms with van der Waals surface area (Å²) in [6.07, 6.45) is 0. The maximum atomic E-state index is 12.0.